The van der Waals surface area contributed by atoms with Gasteiger partial charge in [0.05, 0.1) is 0 Å². The van der Waals surface area contributed by atoms with Crippen LogP contribution < -0.4 is 0 Å². The van der Waals surface area contributed by atoms with E-state index in [1.165, 1.54) is 22.6 Å². The molecule has 0 atom stereocenters. The molecule has 0 bridgehead atoms. The molecule has 0 aliphatic heterocycles. The molecule has 1 aromatic carbocycles. The first-order valence-corrected chi connectivity index (χ1v) is 5.04. The summed E-state index contributed by atoms with van der Waals surface area (Å²) in [6, 6.07) is 6.46. The lowest BCUT2D eigenvalue weighted by Gasteiger charge is -2.15. The van der Waals surface area contributed by atoms with E-state index in [1.54, 1.807) is 7.11 Å². The highest BCUT2D eigenvalue weighted by Crippen LogP contribution is 2.23. The molecule has 0 aliphatic rings. The van der Waals surface area contributed by atoms with Gasteiger partial charge in [0.2, 0.25) is 0 Å². The van der Waals surface area contributed by atoms with Crippen LogP contribution in [0.3, 0.4) is 0 Å². The zero-order chi connectivity index (χ0) is 10.6. The van der Waals surface area contributed by atoms with Gasteiger partial charge in [0.25, 0.3) is 0 Å². The van der Waals surface area contributed by atoms with Gasteiger partial charge < -0.3 is 4.74 Å². The summed E-state index contributed by atoms with van der Waals surface area (Å²) in [5.74, 6) is 1.41. The molecule has 1 radical (unpaired) electrons. The van der Waals surface area contributed by atoms with E-state index < -0.39 is 0 Å². The van der Waals surface area contributed by atoms with Crippen LogP contribution in [0.5, 0.6) is 0 Å². The maximum absolute atomic E-state index is 5.08. The van der Waals surface area contributed by atoms with E-state index in [0.717, 1.165) is 13.0 Å². The number of hydrogen-bond acceptors (Lipinski definition) is 1. The van der Waals surface area contributed by atoms with Crippen molar-refractivity contribution in [2.75, 3.05) is 13.7 Å². The number of benzene rings is 1. The topological polar surface area (TPSA) is 9.23 Å². The van der Waals surface area contributed by atoms with E-state index in [2.05, 4.69) is 39.0 Å². The number of ether oxygens (including phenoxy) is 1. The molecule has 1 rings (SSSR count). The molecule has 0 unspecified atom stereocenters. The second-order valence-electron chi connectivity index (χ2n) is 3.77. The van der Waals surface area contributed by atoms with Crippen LogP contribution in [0.4, 0.5) is 0 Å². The summed E-state index contributed by atoms with van der Waals surface area (Å²) in [5, 5.41) is 0. The molecule has 1 nitrogen and oxygen atoms in total. The van der Waals surface area contributed by atoms with E-state index in [4.69, 9.17) is 4.74 Å². The molecule has 77 valence electrons. The average molecular weight is 191 g/mol. The second kappa shape index (κ2) is 5.16. The Balaban J connectivity index is 2.79. The minimum Gasteiger partial charge on any atom is -0.385 e. The number of methoxy groups -OCH3 is 1. The van der Waals surface area contributed by atoms with Gasteiger partial charge in [0, 0.05) is 19.6 Å². The largest absolute Gasteiger partial charge is 0.385 e. The molecule has 0 saturated heterocycles. The number of hydrogen-bond donors (Lipinski definition) is 0. The highest BCUT2D eigenvalue weighted by molar-refractivity contribution is 5.41. The minimum absolute atomic E-state index is 0.805. The number of rotatable bonds is 4. The molecular formula is C13H19O. The Hall–Kier alpha value is -0.820. The van der Waals surface area contributed by atoms with Crippen LogP contribution in [0.25, 0.3) is 0 Å². The van der Waals surface area contributed by atoms with E-state index in [1.807, 2.05) is 0 Å². The monoisotopic (exact) mass is 191 g/mol. The van der Waals surface area contributed by atoms with Gasteiger partial charge in [-0.1, -0.05) is 25.1 Å². The van der Waals surface area contributed by atoms with Crippen LogP contribution in [0.2, 0.25) is 0 Å². The summed E-state index contributed by atoms with van der Waals surface area (Å²) in [6.07, 6.45) is 1.01. The summed E-state index contributed by atoms with van der Waals surface area (Å²) < 4.78 is 5.08. The lowest BCUT2D eigenvalue weighted by Crippen LogP contribution is -2.02. The predicted molar refractivity (Wildman–Crippen MR) is 60.4 cm³/mol. The average Bonchev–Trinajstić information content (AvgIpc) is 2.18. The second-order valence-corrected chi connectivity index (χ2v) is 3.77. The molecule has 0 fully saturated rings. The summed E-state index contributed by atoms with van der Waals surface area (Å²) >= 11 is 0. The van der Waals surface area contributed by atoms with Crippen molar-refractivity contribution in [2.24, 2.45) is 0 Å². The smallest absolute Gasteiger partial charge is 0.0470 e. The first-order chi connectivity index (χ1) is 6.66. The summed E-state index contributed by atoms with van der Waals surface area (Å²) in [5.41, 5.74) is 4.13. The van der Waals surface area contributed by atoms with Crippen LogP contribution in [0, 0.1) is 19.8 Å². The van der Waals surface area contributed by atoms with Gasteiger partial charge in [-0.15, -0.1) is 0 Å². The molecular weight excluding hydrogens is 172 g/mol. The van der Waals surface area contributed by atoms with Gasteiger partial charge in [-0.25, -0.2) is 0 Å². The third-order valence-electron chi connectivity index (χ3n) is 2.75. The maximum atomic E-state index is 5.08. The number of aryl methyl sites for hydroxylation is 1. The first kappa shape index (κ1) is 11.3. The Morgan fingerprint density at radius 3 is 2.64 bits per heavy atom. The van der Waals surface area contributed by atoms with Gasteiger partial charge in [-0.05, 0) is 37.0 Å². The fraction of sp³-hybridized carbons (Fsp3) is 0.462. The lowest BCUT2D eigenvalue weighted by molar-refractivity contribution is 0.199. The SMILES string of the molecule is COCC[C](C)c1cccc(C)c1C. The molecule has 0 spiro atoms. The van der Waals surface area contributed by atoms with Crippen LogP contribution in [0.15, 0.2) is 18.2 Å². The van der Waals surface area contributed by atoms with Gasteiger partial charge in [-0.3, -0.25) is 0 Å². The lowest BCUT2D eigenvalue weighted by atomic mass is 9.92. The Morgan fingerprint density at radius 1 is 1.29 bits per heavy atom. The van der Waals surface area contributed by atoms with Gasteiger partial charge >= 0.3 is 0 Å². The third-order valence-corrected chi connectivity index (χ3v) is 2.75. The van der Waals surface area contributed by atoms with Crippen molar-refractivity contribution in [2.45, 2.75) is 27.2 Å². The van der Waals surface area contributed by atoms with Crippen molar-refractivity contribution in [1.82, 2.24) is 0 Å². The first-order valence-electron chi connectivity index (χ1n) is 5.04. The molecule has 0 N–H and O–H groups in total. The molecule has 0 heterocycles. The third kappa shape index (κ3) is 2.58. The van der Waals surface area contributed by atoms with Crippen molar-refractivity contribution >= 4 is 0 Å². The van der Waals surface area contributed by atoms with E-state index >= 15 is 0 Å². The quantitative estimate of drug-likeness (QED) is 0.709. The molecule has 0 amide bonds. The van der Waals surface area contributed by atoms with Crippen molar-refractivity contribution in [1.29, 1.82) is 0 Å². The van der Waals surface area contributed by atoms with Crippen LogP contribution in [-0.2, 0) is 4.74 Å². The van der Waals surface area contributed by atoms with Crippen molar-refractivity contribution < 1.29 is 4.74 Å². The molecule has 1 aromatic rings. The molecule has 1 heteroatoms. The minimum atomic E-state index is 0.805. The highest BCUT2D eigenvalue weighted by atomic mass is 16.5. The zero-order valence-corrected chi connectivity index (χ0v) is 9.55. The van der Waals surface area contributed by atoms with E-state index in [0.29, 0.717) is 0 Å². The Labute approximate surface area is 87.1 Å². The molecule has 14 heavy (non-hydrogen) atoms. The Bertz CT molecular complexity index is 291. The zero-order valence-electron chi connectivity index (χ0n) is 9.55. The summed E-state index contributed by atoms with van der Waals surface area (Å²) in [6.45, 7) is 7.32. The Morgan fingerprint density at radius 2 is 2.00 bits per heavy atom. The standard InChI is InChI=1S/C13H19O/c1-10-6-5-7-13(12(10)3)11(2)8-9-14-4/h5-7H,8-9H2,1-4H3. The fourth-order valence-corrected chi connectivity index (χ4v) is 1.60. The van der Waals surface area contributed by atoms with Crippen molar-refractivity contribution in [3.63, 3.8) is 0 Å². The van der Waals surface area contributed by atoms with Crippen molar-refractivity contribution in [3.8, 4) is 0 Å². The molecule has 0 aliphatic carbocycles. The fourth-order valence-electron chi connectivity index (χ4n) is 1.60. The molecule has 0 aromatic heterocycles. The van der Waals surface area contributed by atoms with E-state index in [9.17, 15) is 0 Å². The van der Waals surface area contributed by atoms with Crippen molar-refractivity contribution in [3.05, 3.63) is 40.8 Å². The van der Waals surface area contributed by atoms with Gasteiger partial charge in [-0.2, -0.15) is 0 Å². The molecule has 0 saturated carbocycles. The highest BCUT2D eigenvalue weighted by Gasteiger charge is 2.09. The maximum Gasteiger partial charge on any atom is 0.0470 e. The predicted octanol–water partition coefficient (Wildman–Crippen LogP) is 3.28. The van der Waals surface area contributed by atoms with Crippen LogP contribution in [-0.4, -0.2) is 13.7 Å². The van der Waals surface area contributed by atoms with E-state index in [-0.39, 0.29) is 0 Å². The summed E-state index contributed by atoms with van der Waals surface area (Å²) in [7, 11) is 1.75. The Kier molecular flexibility index (Phi) is 4.15. The van der Waals surface area contributed by atoms with Crippen LogP contribution >= 0.6 is 0 Å². The van der Waals surface area contributed by atoms with Gasteiger partial charge in [0.1, 0.15) is 0 Å². The van der Waals surface area contributed by atoms with Crippen LogP contribution in [0.1, 0.15) is 30.0 Å². The summed E-state index contributed by atoms with van der Waals surface area (Å²) in [4.78, 5) is 0. The van der Waals surface area contributed by atoms with Gasteiger partial charge in [0.15, 0.2) is 0 Å². The normalized spacial score (nSPS) is 10.9.